The van der Waals surface area contributed by atoms with Crippen LogP contribution in [0.4, 0.5) is 0 Å². The second-order valence-electron chi connectivity index (χ2n) is 5.91. The largest absolute Gasteiger partial charge is 0.349 e. The van der Waals surface area contributed by atoms with Gasteiger partial charge in [0.1, 0.15) is 0 Å². The third kappa shape index (κ3) is 5.77. The van der Waals surface area contributed by atoms with Gasteiger partial charge in [-0.15, -0.1) is 0 Å². The van der Waals surface area contributed by atoms with Crippen molar-refractivity contribution in [1.82, 2.24) is 14.7 Å². The molecule has 0 saturated carbocycles. The van der Waals surface area contributed by atoms with Crippen molar-refractivity contribution >= 4 is 5.91 Å². The fraction of sp³-hybridized carbons (Fsp3) is 0.933. The molecule has 20 heavy (non-hydrogen) atoms. The van der Waals surface area contributed by atoms with E-state index in [2.05, 4.69) is 16.7 Å². The molecule has 1 aliphatic rings. The highest BCUT2D eigenvalue weighted by molar-refractivity contribution is 5.75. The smallest absolute Gasteiger partial charge is 0.223 e. The normalized spacial score (nSPS) is 19.6. The van der Waals surface area contributed by atoms with E-state index >= 15 is 0 Å². The van der Waals surface area contributed by atoms with Crippen LogP contribution < -0.4 is 5.73 Å². The van der Waals surface area contributed by atoms with Crippen molar-refractivity contribution in [3.8, 4) is 0 Å². The standard InChI is InChI=1S/C15H32N4O/c1-4-14(6-8-16)19-10-5-9-18(12-13-19)11-7-15(20)17(2)3/h14H,4-13,16H2,1-3H3. The molecule has 0 radical (unpaired) electrons. The van der Waals surface area contributed by atoms with Gasteiger partial charge in [-0.25, -0.2) is 0 Å². The van der Waals surface area contributed by atoms with Crippen LogP contribution in [0.3, 0.4) is 0 Å². The van der Waals surface area contributed by atoms with E-state index in [0.29, 0.717) is 12.5 Å². The van der Waals surface area contributed by atoms with Crippen LogP contribution in [0.15, 0.2) is 0 Å². The molecular weight excluding hydrogens is 252 g/mol. The number of carbonyl (C=O) groups excluding carboxylic acids is 1. The van der Waals surface area contributed by atoms with E-state index in [-0.39, 0.29) is 5.91 Å². The number of nitrogens with two attached hydrogens (primary N) is 1. The van der Waals surface area contributed by atoms with Crippen LogP contribution in [0, 0.1) is 0 Å². The Balaban J connectivity index is 2.37. The van der Waals surface area contributed by atoms with E-state index in [9.17, 15) is 4.79 Å². The molecule has 0 aromatic heterocycles. The van der Waals surface area contributed by atoms with Gasteiger partial charge in [0.25, 0.3) is 0 Å². The number of hydrogen-bond acceptors (Lipinski definition) is 4. The van der Waals surface area contributed by atoms with E-state index in [1.807, 2.05) is 14.1 Å². The van der Waals surface area contributed by atoms with E-state index in [1.165, 1.54) is 12.8 Å². The Kier molecular flexibility index (Phi) is 8.11. The maximum Gasteiger partial charge on any atom is 0.223 e. The topological polar surface area (TPSA) is 52.8 Å². The van der Waals surface area contributed by atoms with Crippen molar-refractivity contribution < 1.29 is 4.79 Å². The highest BCUT2D eigenvalue weighted by Crippen LogP contribution is 2.12. The molecule has 1 heterocycles. The number of amides is 1. The average Bonchev–Trinajstić information content (AvgIpc) is 2.67. The predicted octanol–water partition coefficient (Wildman–Crippen LogP) is 0.600. The molecule has 0 aliphatic carbocycles. The second kappa shape index (κ2) is 9.32. The molecule has 1 fully saturated rings. The summed E-state index contributed by atoms with van der Waals surface area (Å²) in [5.74, 6) is 0.223. The molecule has 5 nitrogen and oxygen atoms in total. The second-order valence-corrected chi connectivity index (χ2v) is 5.91. The Bertz CT molecular complexity index is 283. The van der Waals surface area contributed by atoms with Crippen molar-refractivity contribution in [2.45, 2.75) is 38.6 Å². The minimum atomic E-state index is 0.223. The van der Waals surface area contributed by atoms with Gasteiger partial charge in [0.15, 0.2) is 0 Å². The van der Waals surface area contributed by atoms with Crippen LogP contribution in [0.1, 0.15) is 32.6 Å². The van der Waals surface area contributed by atoms with Gasteiger partial charge in [-0.05, 0) is 38.9 Å². The summed E-state index contributed by atoms with van der Waals surface area (Å²) in [5.41, 5.74) is 5.71. The summed E-state index contributed by atoms with van der Waals surface area (Å²) in [5, 5.41) is 0. The summed E-state index contributed by atoms with van der Waals surface area (Å²) in [4.78, 5) is 18.3. The summed E-state index contributed by atoms with van der Waals surface area (Å²) in [6.07, 6.45) is 4.09. The molecule has 2 N–H and O–H groups in total. The van der Waals surface area contributed by atoms with Gasteiger partial charge in [-0.1, -0.05) is 6.92 Å². The summed E-state index contributed by atoms with van der Waals surface area (Å²) in [6.45, 7) is 8.36. The quantitative estimate of drug-likeness (QED) is 0.744. The van der Waals surface area contributed by atoms with E-state index in [0.717, 1.165) is 45.7 Å². The van der Waals surface area contributed by atoms with Gasteiger partial charge in [-0.3, -0.25) is 9.69 Å². The zero-order valence-electron chi connectivity index (χ0n) is 13.5. The number of carbonyl (C=O) groups is 1. The highest BCUT2D eigenvalue weighted by Gasteiger charge is 2.20. The van der Waals surface area contributed by atoms with E-state index in [1.54, 1.807) is 4.90 Å². The average molecular weight is 284 g/mol. The summed E-state index contributed by atoms with van der Waals surface area (Å²) >= 11 is 0. The summed E-state index contributed by atoms with van der Waals surface area (Å²) in [7, 11) is 3.65. The lowest BCUT2D eigenvalue weighted by atomic mass is 10.1. The SMILES string of the molecule is CCC(CCN)N1CCCN(CCC(=O)N(C)C)CC1. The Labute approximate surface area is 124 Å². The van der Waals surface area contributed by atoms with Gasteiger partial charge < -0.3 is 15.5 Å². The summed E-state index contributed by atoms with van der Waals surface area (Å²) in [6, 6.07) is 0.628. The van der Waals surface area contributed by atoms with Crippen molar-refractivity contribution in [3.05, 3.63) is 0 Å². The molecule has 1 saturated heterocycles. The fourth-order valence-corrected chi connectivity index (χ4v) is 2.89. The molecule has 0 aromatic carbocycles. The number of rotatable bonds is 7. The van der Waals surface area contributed by atoms with Crippen LogP contribution in [0.25, 0.3) is 0 Å². The molecule has 1 aliphatic heterocycles. The zero-order valence-corrected chi connectivity index (χ0v) is 13.5. The van der Waals surface area contributed by atoms with Crippen molar-refractivity contribution in [2.24, 2.45) is 5.73 Å². The Morgan fingerprint density at radius 1 is 1.25 bits per heavy atom. The molecule has 5 heteroatoms. The lowest BCUT2D eigenvalue weighted by Crippen LogP contribution is -2.39. The van der Waals surface area contributed by atoms with Crippen LogP contribution in [0.2, 0.25) is 0 Å². The molecule has 1 rings (SSSR count). The molecule has 0 spiro atoms. The predicted molar refractivity (Wildman–Crippen MR) is 83.7 cm³/mol. The van der Waals surface area contributed by atoms with E-state index in [4.69, 9.17) is 5.73 Å². The lowest BCUT2D eigenvalue weighted by molar-refractivity contribution is -0.129. The van der Waals surface area contributed by atoms with Crippen LogP contribution in [-0.4, -0.2) is 80.0 Å². The van der Waals surface area contributed by atoms with Gasteiger partial charge >= 0.3 is 0 Å². The zero-order chi connectivity index (χ0) is 15.0. The lowest BCUT2D eigenvalue weighted by Gasteiger charge is -2.29. The first-order valence-electron chi connectivity index (χ1n) is 7.95. The molecular formula is C15H32N4O. The Hall–Kier alpha value is -0.650. The third-order valence-electron chi connectivity index (χ3n) is 4.25. The van der Waals surface area contributed by atoms with Crippen molar-refractivity contribution in [1.29, 1.82) is 0 Å². The van der Waals surface area contributed by atoms with Gasteiger partial charge in [-0.2, -0.15) is 0 Å². The Morgan fingerprint density at radius 3 is 2.60 bits per heavy atom. The van der Waals surface area contributed by atoms with Crippen LogP contribution in [-0.2, 0) is 4.79 Å². The van der Waals surface area contributed by atoms with Gasteiger partial charge in [0, 0.05) is 46.2 Å². The summed E-state index contributed by atoms with van der Waals surface area (Å²) < 4.78 is 0. The molecule has 0 aromatic rings. The fourth-order valence-electron chi connectivity index (χ4n) is 2.89. The minimum absolute atomic E-state index is 0.223. The van der Waals surface area contributed by atoms with Crippen molar-refractivity contribution in [3.63, 3.8) is 0 Å². The monoisotopic (exact) mass is 284 g/mol. The maximum absolute atomic E-state index is 11.7. The van der Waals surface area contributed by atoms with E-state index < -0.39 is 0 Å². The van der Waals surface area contributed by atoms with Crippen molar-refractivity contribution in [2.75, 3.05) is 53.4 Å². The molecule has 1 atom stereocenters. The Morgan fingerprint density at radius 2 is 2.00 bits per heavy atom. The first kappa shape index (κ1) is 17.4. The highest BCUT2D eigenvalue weighted by atomic mass is 16.2. The van der Waals surface area contributed by atoms with Crippen LogP contribution in [0.5, 0.6) is 0 Å². The number of hydrogen-bond donors (Lipinski definition) is 1. The third-order valence-corrected chi connectivity index (χ3v) is 4.25. The molecule has 1 amide bonds. The molecule has 118 valence electrons. The first-order valence-corrected chi connectivity index (χ1v) is 7.95. The van der Waals surface area contributed by atoms with Gasteiger partial charge in [0.05, 0.1) is 0 Å². The van der Waals surface area contributed by atoms with Crippen LogP contribution >= 0.6 is 0 Å². The first-order chi connectivity index (χ1) is 9.58. The molecule has 1 unspecified atom stereocenters. The molecule has 0 bridgehead atoms. The number of nitrogens with zero attached hydrogens (tertiary/aromatic N) is 3. The maximum atomic E-state index is 11.7. The minimum Gasteiger partial charge on any atom is -0.349 e. The van der Waals surface area contributed by atoms with Gasteiger partial charge in [0.2, 0.25) is 5.91 Å².